The van der Waals surface area contributed by atoms with Gasteiger partial charge in [0.05, 0.1) is 0 Å². The molecule has 0 saturated heterocycles. The Morgan fingerprint density at radius 3 is 2.47 bits per heavy atom. The minimum absolute atomic E-state index is 0.192. The van der Waals surface area contributed by atoms with Crippen LogP contribution in [-0.2, 0) is 10.5 Å². The van der Waals surface area contributed by atoms with E-state index >= 15 is 0 Å². The standard InChI is InChI=1S/C10H13NO3S/c1-10(11,9(13)14)15-6-7-2-4-8(12)5-3-7/h2-5,12H,6,11H2,1H3,(H,13,14). The van der Waals surface area contributed by atoms with Crippen LogP contribution < -0.4 is 5.73 Å². The van der Waals surface area contributed by atoms with Crippen LogP contribution in [0.25, 0.3) is 0 Å². The summed E-state index contributed by atoms with van der Waals surface area (Å²) in [4.78, 5) is 9.43. The smallest absolute Gasteiger partial charge is 0.333 e. The van der Waals surface area contributed by atoms with Gasteiger partial charge < -0.3 is 15.9 Å². The van der Waals surface area contributed by atoms with Gasteiger partial charge in [-0.15, -0.1) is 11.8 Å². The molecule has 1 rings (SSSR count). The zero-order valence-electron chi connectivity index (χ0n) is 8.30. The number of thioether (sulfide) groups is 1. The quantitative estimate of drug-likeness (QED) is 0.677. The van der Waals surface area contributed by atoms with Gasteiger partial charge in [0.25, 0.3) is 0 Å². The fourth-order valence-electron chi connectivity index (χ4n) is 0.887. The number of hydrogen-bond acceptors (Lipinski definition) is 4. The van der Waals surface area contributed by atoms with Crippen molar-refractivity contribution >= 4 is 17.7 Å². The summed E-state index contributed by atoms with van der Waals surface area (Å²) in [6.07, 6.45) is 0. The van der Waals surface area contributed by atoms with Crippen molar-refractivity contribution in [2.45, 2.75) is 17.5 Å². The number of benzene rings is 1. The van der Waals surface area contributed by atoms with Crippen LogP contribution >= 0.6 is 11.8 Å². The van der Waals surface area contributed by atoms with Gasteiger partial charge in [0.15, 0.2) is 4.87 Å². The molecule has 0 heterocycles. The Hall–Kier alpha value is -1.20. The summed E-state index contributed by atoms with van der Waals surface area (Å²) >= 11 is 1.14. The Morgan fingerprint density at radius 1 is 1.47 bits per heavy atom. The van der Waals surface area contributed by atoms with Crippen LogP contribution in [0.3, 0.4) is 0 Å². The van der Waals surface area contributed by atoms with Gasteiger partial charge in [-0.25, -0.2) is 4.79 Å². The molecular weight excluding hydrogens is 214 g/mol. The van der Waals surface area contributed by atoms with Crippen molar-refractivity contribution in [1.29, 1.82) is 0 Å². The first-order chi connectivity index (χ1) is 6.92. The third kappa shape index (κ3) is 3.45. The molecule has 0 aliphatic carbocycles. The maximum absolute atomic E-state index is 10.7. The predicted octanol–water partition coefficient (Wildman–Crippen LogP) is 1.38. The molecule has 82 valence electrons. The monoisotopic (exact) mass is 227 g/mol. The van der Waals surface area contributed by atoms with Crippen molar-refractivity contribution in [2.75, 3.05) is 0 Å². The number of carbonyl (C=O) groups is 1. The number of hydrogen-bond donors (Lipinski definition) is 3. The second-order valence-corrected chi connectivity index (χ2v) is 4.79. The summed E-state index contributed by atoms with van der Waals surface area (Å²) in [5.41, 5.74) is 6.48. The van der Waals surface area contributed by atoms with E-state index < -0.39 is 10.8 Å². The average molecular weight is 227 g/mol. The van der Waals surface area contributed by atoms with Crippen molar-refractivity contribution in [1.82, 2.24) is 0 Å². The van der Waals surface area contributed by atoms with Crippen molar-refractivity contribution in [3.63, 3.8) is 0 Å². The minimum Gasteiger partial charge on any atom is -0.508 e. The van der Waals surface area contributed by atoms with Crippen molar-refractivity contribution < 1.29 is 15.0 Å². The van der Waals surface area contributed by atoms with Crippen LogP contribution in [0, 0.1) is 0 Å². The van der Waals surface area contributed by atoms with Gasteiger partial charge >= 0.3 is 5.97 Å². The molecule has 15 heavy (non-hydrogen) atoms. The van der Waals surface area contributed by atoms with Crippen molar-refractivity contribution in [3.05, 3.63) is 29.8 Å². The molecular formula is C10H13NO3S. The van der Waals surface area contributed by atoms with Crippen LogP contribution in [0.2, 0.25) is 0 Å². The molecule has 0 aliphatic heterocycles. The minimum atomic E-state index is -1.28. The highest BCUT2D eigenvalue weighted by atomic mass is 32.2. The first-order valence-corrected chi connectivity index (χ1v) is 5.34. The number of phenolic OH excluding ortho intramolecular Hbond substituents is 1. The lowest BCUT2D eigenvalue weighted by molar-refractivity contribution is -0.139. The van der Waals surface area contributed by atoms with Crippen LogP contribution in [0.1, 0.15) is 12.5 Å². The zero-order valence-corrected chi connectivity index (χ0v) is 9.12. The molecule has 0 bridgehead atoms. The Bertz CT molecular complexity index is 348. The average Bonchev–Trinajstić information content (AvgIpc) is 2.17. The summed E-state index contributed by atoms with van der Waals surface area (Å²) in [6, 6.07) is 6.59. The van der Waals surface area contributed by atoms with Gasteiger partial charge in [0, 0.05) is 5.75 Å². The molecule has 0 saturated carbocycles. The molecule has 0 radical (unpaired) electrons. The number of carboxylic acid groups (broad SMARTS) is 1. The largest absolute Gasteiger partial charge is 0.508 e. The lowest BCUT2D eigenvalue weighted by atomic mass is 10.2. The van der Waals surface area contributed by atoms with E-state index in [1.165, 1.54) is 6.92 Å². The van der Waals surface area contributed by atoms with Crippen LogP contribution in [-0.4, -0.2) is 21.1 Å². The van der Waals surface area contributed by atoms with Gasteiger partial charge in [-0.1, -0.05) is 12.1 Å². The first-order valence-electron chi connectivity index (χ1n) is 4.36. The molecule has 1 aromatic carbocycles. The van der Waals surface area contributed by atoms with E-state index in [-0.39, 0.29) is 5.75 Å². The van der Waals surface area contributed by atoms with Gasteiger partial charge in [-0.2, -0.15) is 0 Å². The van der Waals surface area contributed by atoms with Gasteiger partial charge in [0.2, 0.25) is 0 Å². The molecule has 1 atom stereocenters. The summed E-state index contributed by atoms with van der Waals surface area (Å²) in [5, 5.41) is 17.8. The molecule has 0 amide bonds. The Morgan fingerprint density at radius 2 is 2.00 bits per heavy atom. The van der Waals surface area contributed by atoms with E-state index in [0.29, 0.717) is 5.75 Å². The lowest BCUT2D eigenvalue weighted by Crippen LogP contribution is -2.41. The molecule has 4 N–H and O–H groups in total. The van der Waals surface area contributed by atoms with Crippen molar-refractivity contribution in [3.8, 4) is 5.75 Å². The number of phenols is 1. The van der Waals surface area contributed by atoms with E-state index in [4.69, 9.17) is 15.9 Å². The maximum atomic E-state index is 10.7. The number of aliphatic carboxylic acids is 1. The second kappa shape index (κ2) is 4.55. The van der Waals surface area contributed by atoms with E-state index in [2.05, 4.69) is 0 Å². The fraction of sp³-hybridized carbons (Fsp3) is 0.300. The molecule has 1 aromatic rings. The summed E-state index contributed by atoms with van der Waals surface area (Å²) in [6.45, 7) is 1.46. The van der Waals surface area contributed by atoms with Crippen LogP contribution in [0.5, 0.6) is 5.75 Å². The highest BCUT2D eigenvalue weighted by molar-refractivity contribution is 8.00. The molecule has 5 heteroatoms. The number of nitrogens with two attached hydrogens (primary N) is 1. The highest BCUT2D eigenvalue weighted by Crippen LogP contribution is 2.24. The highest BCUT2D eigenvalue weighted by Gasteiger charge is 2.28. The number of aromatic hydroxyl groups is 1. The molecule has 0 aromatic heterocycles. The maximum Gasteiger partial charge on any atom is 0.333 e. The van der Waals surface area contributed by atoms with E-state index in [9.17, 15) is 4.79 Å². The van der Waals surface area contributed by atoms with E-state index in [1.54, 1.807) is 24.3 Å². The zero-order chi connectivity index (χ0) is 11.5. The fourth-order valence-corrected chi connectivity index (χ4v) is 1.67. The molecule has 0 fully saturated rings. The van der Waals surface area contributed by atoms with Gasteiger partial charge in [0.1, 0.15) is 5.75 Å². The molecule has 1 unspecified atom stereocenters. The summed E-state index contributed by atoms with van der Waals surface area (Å²) in [5.74, 6) is -0.344. The third-order valence-electron chi connectivity index (χ3n) is 1.90. The topological polar surface area (TPSA) is 83.5 Å². The summed E-state index contributed by atoms with van der Waals surface area (Å²) < 4.78 is 0. The first kappa shape index (κ1) is 11.9. The third-order valence-corrected chi connectivity index (χ3v) is 3.15. The summed E-state index contributed by atoms with van der Waals surface area (Å²) in [7, 11) is 0. The predicted molar refractivity (Wildman–Crippen MR) is 59.6 cm³/mol. The van der Waals surface area contributed by atoms with E-state index in [1.807, 2.05) is 0 Å². The van der Waals surface area contributed by atoms with Crippen molar-refractivity contribution in [2.24, 2.45) is 5.73 Å². The normalized spacial score (nSPS) is 14.5. The van der Waals surface area contributed by atoms with Crippen LogP contribution in [0.4, 0.5) is 0 Å². The molecule has 0 aliphatic rings. The SMILES string of the molecule is CC(N)(SCc1ccc(O)cc1)C(=O)O. The Balaban J connectivity index is 2.57. The Kier molecular flexibility index (Phi) is 3.60. The second-order valence-electron chi connectivity index (χ2n) is 3.37. The van der Waals surface area contributed by atoms with Crippen LogP contribution in [0.15, 0.2) is 24.3 Å². The molecule has 4 nitrogen and oxygen atoms in total. The molecule has 0 spiro atoms. The Labute approximate surface area is 92.1 Å². The number of rotatable bonds is 4. The van der Waals surface area contributed by atoms with Gasteiger partial charge in [-0.3, -0.25) is 0 Å². The number of carboxylic acids is 1. The van der Waals surface area contributed by atoms with Gasteiger partial charge in [-0.05, 0) is 24.6 Å². The van der Waals surface area contributed by atoms with E-state index in [0.717, 1.165) is 17.3 Å². The lowest BCUT2D eigenvalue weighted by Gasteiger charge is -2.18.